The second-order valence-corrected chi connectivity index (χ2v) is 5.60. The van der Waals surface area contributed by atoms with E-state index in [1.54, 1.807) is 12.5 Å². The van der Waals surface area contributed by atoms with Crippen molar-refractivity contribution >= 4 is 5.71 Å². The van der Waals surface area contributed by atoms with Crippen LogP contribution in [0.5, 0.6) is 0 Å². The number of hydrogen-bond donors (Lipinski definition) is 0. The molecule has 20 heavy (non-hydrogen) atoms. The van der Waals surface area contributed by atoms with Crippen LogP contribution < -0.4 is 0 Å². The molecule has 4 heteroatoms. The lowest BCUT2D eigenvalue weighted by Gasteiger charge is -2.26. The molecule has 4 nitrogen and oxygen atoms in total. The Balaban J connectivity index is 1.55. The van der Waals surface area contributed by atoms with Crippen LogP contribution >= 0.6 is 0 Å². The average Bonchev–Trinajstić information content (AvgIpc) is 2.97. The van der Waals surface area contributed by atoms with Crippen molar-refractivity contribution in [3.05, 3.63) is 55.0 Å². The molecule has 1 aliphatic carbocycles. The maximum Gasteiger partial charge on any atom is 0.0996 e. The largest absolute Gasteiger partial charge is 0.472 e. The van der Waals surface area contributed by atoms with Crippen LogP contribution in [0.4, 0.5) is 0 Å². The first kappa shape index (κ1) is 11.7. The third kappa shape index (κ3) is 2.11. The summed E-state index contributed by atoms with van der Waals surface area (Å²) in [4.78, 5) is 8.92. The van der Waals surface area contributed by atoms with Gasteiger partial charge < -0.3 is 8.98 Å². The van der Waals surface area contributed by atoms with Gasteiger partial charge in [0.1, 0.15) is 0 Å². The Morgan fingerprint density at radius 2 is 2.30 bits per heavy atom. The smallest absolute Gasteiger partial charge is 0.0996 e. The maximum atomic E-state index is 5.12. The number of dihydropyridines is 1. The molecule has 2 aromatic rings. The summed E-state index contributed by atoms with van der Waals surface area (Å²) in [5.74, 6) is 1.25. The molecule has 2 unspecified atom stereocenters. The molecule has 1 saturated carbocycles. The third-order valence-corrected chi connectivity index (χ3v) is 4.20. The van der Waals surface area contributed by atoms with Gasteiger partial charge in [0.25, 0.3) is 0 Å². The Kier molecular flexibility index (Phi) is 2.80. The highest BCUT2D eigenvalue weighted by atomic mass is 16.3. The van der Waals surface area contributed by atoms with Crippen LogP contribution in [-0.4, -0.2) is 21.8 Å². The van der Waals surface area contributed by atoms with E-state index < -0.39 is 0 Å². The predicted molar refractivity (Wildman–Crippen MR) is 76.7 cm³/mol. The molecule has 0 amide bonds. The Morgan fingerprint density at radius 3 is 2.90 bits per heavy atom. The molecule has 0 saturated heterocycles. The standard InChI is InChI=1S/C16H17N3O/c1-2-12(1)16(19-7-6-17-11-19)13-3-4-15(18-9-13)14-5-8-20-10-14/h3-8,10-13,16H,1-2,9H2. The minimum Gasteiger partial charge on any atom is -0.472 e. The van der Waals surface area contributed by atoms with Gasteiger partial charge in [0.05, 0.1) is 24.6 Å². The van der Waals surface area contributed by atoms with E-state index in [1.807, 2.05) is 18.6 Å². The van der Waals surface area contributed by atoms with E-state index in [9.17, 15) is 0 Å². The van der Waals surface area contributed by atoms with E-state index in [2.05, 4.69) is 27.9 Å². The molecule has 0 aromatic carbocycles. The van der Waals surface area contributed by atoms with Gasteiger partial charge in [-0.25, -0.2) is 4.98 Å². The number of rotatable bonds is 4. The molecule has 4 rings (SSSR count). The zero-order valence-corrected chi connectivity index (χ0v) is 11.2. The third-order valence-electron chi connectivity index (χ3n) is 4.20. The molecule has 0 spiro atoms. The van der Waals surface area contributed by atoms with Crippen LogP contribution in [0.3, 0.4) is 0 Å². The van der Waals surface area contributed by atoms with Crippen molar-refractivity contribution in [2.75, 3.05) is 6.54 Å². The van der Waals surface area contributed by atoms with Gasteiger partial charge >= 0.3 is 0 Å². The van der Waals surface area contributed by atoms with Gasteiger partial charge in [-0.3, -0.25) is 4.99 Å². The number of aromatic nitrogens is 2. The van der Waals surface area contributed by atoms with Gasteiger partial charge in [-0.2, -0.15) is 0 Å². The van der Waals surface area contributed by atoms with Crippen LogP contribution in [0.2, 0.25) is 0 Å². The molecule has 0 radical (unpaired) electrons. The van der Waals surface area contributed by atoms with Crippen molar-refractivity contribution in [3.63, 3.8) is 0 Å². The van der Waals surface area contributed by atoms with Gasteiger partial charge in [0.2, 0.25) is 0 Å². The van der Waals surface area contributed by atoms with Crippen molar-refractivity contribution in [3.8, 4) is 0 Å². The molecule has 1 aliphatic heterocycles. The molecule has 102 valence electrons. The second kappa shape index (κ2) is 4.78. The lowest BCUT2D eigenvalue weighted by molar-refractivity contribution is 0.348. The van der Waals surface area contributed by atoms with Crippen LogP contribution in [0, 0.1) is 11.8 Å². The molecular weight excluding hydrogens is 250 g/mol. The van der Waals surface area contributed by atoms with E-state index in [4.69, 9.17) is 9.41 Å². The fourth-order valence-electron chi connectivity index (χ4n) is 3.05. The van der Waals surface area contributed by atoms with Gasteiger partial charge in [0.15, 0.2) is 0 Å². The first-order chi connectivity index (χ1) is 9.92. The molecule has 2 aliphatic rings. The fourth-order valence-corrected chi connectivity index (χ4v) is 3.05. The number of hydrogen-bond acceptors (Lipinski definition) is 3. The van der Waals surface area contributed by atoms with E-state index >= 15 is 0 Å². The molecule has 0 bridgehead atoms. The topological polar surface area (TPSA) is 43.3 Å². The minimum atomic E-state index is 0.465. The first-order valence-corrected chi connectivity index (χ1v) is 7.14. The van der Waals surface area contributed by atoms with E-state index in [-0.39, 0.29) is 0 Å². The number of nitrogens with zero attached hydrogens (tertiary/aromatic N) is 3. The van der Waals surface area contributed by atoms with Crippen molar-refractivity contribution in [1.29, 1.82) is 0 Å². The average molecular weight is 267 g/mol. The number of allylic oxidation sites excluding steroid dienone is 1. The summed E-state index contributed by atoms with van der Waals surface area (Å²) < 4.78 is 7.38. The van der Waals surface area contributed by atoms with Gasteiger partial charge in [0, 0.05) is 36.5 Å². The molecular formula is C16H17N3O. The van der Waals surface area contributed by atoms with Crippen molar-refractivity contribution < 1.29 is 4.42 Å². The highest BCUT2D eigenvalue weighted by Crippen LogP contribution is 2.44. The van der Waals surface area contributed by atoms with E-state index in [1.165, 1.54) is 12.8 Å². The Morgan fingerprint density at radius 1 is 1.35 bits per heavy atom. The SMILES string of the molecule is C1=CC(C(C2CC2)n2ccnc2)CN=C1c1ccoc1. The fraction of sp³-hybridized carbons (Fsp3) is 0.375. The van der Waals surface area contributed by atoms with E-state index in [0.29, 0.717) is 12.0 Å². The summed E-state index contributed by atoms with van der Waals surface area (Å²) in [6, 6.07) is 2.46. The van der Waals surface area contributed by atoms with Crippen LogP contribution in [0.15, 0.2) is 58.9 Å². The Hall–Kier alpha value is -2.10. The Labute approximate surface area is 117 Å². The van der Waals surface area contributed by atoms with Crippen LogP contribution in [0.25, 0.3) is 0 Å². The molecule has 3 heterocycles. The number of furan rings is 1. The zero-order chi connectivity index (χ0) is 13.4. The Bertz CT molecular complexity index is 621. The van der Waals surface area contributed by atoms with Crippen molar-refractivity contribution in [2.45, 2.75) is 18.9 Å². The molecule has 2 aromatic heterocycles. The predicted octanol–water partition coefficient (Wildman–Crippen LogP) is 3.10. The zero-order valence-electron chi connectivity index (χ0n) is 11.2. The summed E-state index contributed by atoms with van der Waals surface area (Å²) in [6.45, 7) is 0.844. The summed E-state index contributed by atoms with van der Waals surface area (Å²) in [5, 5.41) is 0. The number of imidazole rings is 1. The summed E-state index contributed by atoms with van der Waals surface area (Å²) in [7, 11) is 0. The lowest BCUT2D eigenvalue weighted by atomic mass is 9.92. The normalized spacial score (nSPS) is 23.6. The van der Waals surface area contributed by atoms with Gasteiger partial charge in [-0.1, -0.05) is 6.08 Å². The van der Waals surface area contributed by atoms with Gasteiger partial charge in [-0.15, -0.1) is 0 Å². The van der Waals surface area contributed by atoms with Crippen molar-refractivity contribution in [2.24, 2.45) is 16.8 Å². The molecule has 1 fully saturated rings. The molecule has 2 atom stereocenters. The lowest BCUT2D eigenvalue weighted by Crippen LogP contribution is -2.24. The van der Waals surface area contributed by atoms with Gasteiger partial charge in [-0.05, 0) is 30.9 Å². The first-order valence-electron chi connectivity index (χ1n) is 7.14. The minimum absolute atomic E-state index is 0.465. The monoisotopic (exact) mass is 267 g/mol. The van der Waals surface area contributed by atoms with E-state index in [0.717, 1.165) is 23.7 Å². The summed E-state index contributed by atoms with van der Waals surface area (Å²) >= 11 is 0. The van der Waals surface area contributed by atoms with Crippen molar-refractivity contribution in [1.82, 2.24) is 9.55 Å². The second-order valence-electron chi connectivity index (χ2n) is 5.60. The summed E-state index contributed by atoms with van der Waals surface area (Å²) in [5.41, 5.74) is 2.08. The quantitative estimate of drug-likeness (QED) is 0.854. The summed E-state index contributed by atoms with van der Waals surface area (Å²) in [6.07, 6.45) is 16.4. The van der Waals surface area contributed by atoms with Crippen LogP contribution in [0.1, 0.15) is 24.4 Å². The maximum absolute atomic E-state index is 5.12. The molecule has 0 N–H and O–H groups in total. The number of aliphatic imine (C=N–C) groups is 1. The highest BCUT2D eigenvalue weighted by molar-refractivity contribution is 6.08. The highest BCUT2D eigenvalue weighted by Gasteiger charge is 2.37. The van der Waals surface area contributed by atoms with Crippen LogP contribution in [-0.2, 0) is 0 Å².